The number of rotatable bonds is 4. The second-order valence-corrected chi connectivity index (χ2v) is 4.74. The van der Waals surface area contributed by atoms with Crippen LogP contribution in [0.2, 0.25) is 5.02 Å². The van der Waals surface area contributed by atoms with Gasteiger partial charge in [-0.3, -0.25) is 0 Å². The zero-order chi connectivity index (χ0) is 14.7. The summed E-state index contributed by atoms with van der Waals surface area (Å²) < 4.78 is 7.32. The van der Waals surface area contributed by atoms with Crippen molar-refractivity contribution in [3.05, 3.63) is 65.4 Å². The van der Waals surface area contributed by atoms with E-state index in [-0.39, 0.29) is 12.6 Å². The Kier molecular flexibility index (Phi) is 3.85. The fourth-order valence-corrected chi connectivity index (χ4v) is 2.17. The number of para-hydroxylation sites is 1. The Labute approximate surface area is 126 Å². The van der Waals surface area contributed by atoms with E-state index in [1.807, 2.05) is 30.3 Å². The molecule has 1 aromatic heterocycles. The zero-order valence-electron chi connectivity index (χ0n) is 11.1. The molecule has 106 valence electrons. The van der Waals surface area contributed by atoms with Gasteiger partial charge in [0.1, 0.15) is 12.1 Å². The Morgan fingerprint density at radius 3 is 2.67 bits per heavy atom. The molecule has 3 rings (SSSR count). The van der Waals surface area contributed by atoms with Crippen LogP contribution in [0.5, 0.6) is 11.8 Å². The van der Waals surface area contributed by atoms with Crippen LogP contribution in [0.4, 0.5) is 0 Å². The lowest BCUT2D eigenvalue weighted by molar-refractivity contribution is 0.436. The summed E-state index contributed by atoms with van der Waals surface area (Å²) in [7, 11) is 0. The van der Waals surface area contributed by atoms with E-state index in [2.05, 4.69) is 10.1 Å². The van der Waals surface area contributed by atoms with Gasteiger partial charge < -0.3 is 10.5 Å². The van der Waals surface area contributed by atoms with Gasteiger partial charge in [-0.1, -0.05) is 35.9 Å². The Morgan fingerprint density at radius 1 is 1.10 bits per heavy atom. The zero-order valence-corrected chi connectivity index (χ0v) is 11.9. The molecule has 0 spiro atoms. The van der Waals surface area contributed by atoms with Crippen LogP contribution < -0.4 is 10.5 Å². The molecule has 0 aliphatic carbocycles. The second kappa shape index (κ2) is 5.95. The molecular formula is C15H13ClN4O. The average molecular weight is 301 g/mol. The number of nitrogens with two attached hydrogens (primary N) is 1. The van der Waals surface area contributed by atoms with Crippen LogP contribution in [0.1, 0.15) is 5.56 Å². The maximum absolute atomic E-state index is 6.09. The van der Waals surface area contributed by atoms with Crippen LogP contribution in [0.3, 0.4) is 0 Å². The first-order chi connectivity index (χ1) is 10.3. The van der Waals surface area contributed by atoms with E-state index in [9.17, 15) is 0 Å². The molecule has 5 nitrogen and oxygen atoms in total. The lowest BCUT2D eigenvalue weighted by Gasteiger charge is -2.08. The predicted octanol–water partition coefficient (Wildman–Crippen LogP) is 3.17. The van der Waals surface area contributed by atoms with Crippen molar-refractivity contribution in [2.45, 2.75) is 6.54 Å². The molecule has 0 bridgehead atoms. The molecule has 0 aliphatic rings. The fourth-order valence-electron chi connectivity index (χ4n) is 1.93. The first kappa shape index (κ1) is 13.6. The van der Waals surface area contributed by atoms with Gasteiger partial charge in [0.25, 0.3) is 0 Å². The first-order valence-electron chi connectivity index (χ1n) is 6.40. The predicted molar refractivity (Wildman–Crippen MR) is 80.8 cm³/mol. The Hall–Kier alpha value is -2.37. The van der Waals surface area contributed by atoms with E-state index in [1.165, 1.54) is 0 Å². The maximum Gasteiger partial charge on any atom is 0.341 e. The van der Waals surface area contributed by atoms with Crippen molar-refractivity contribution in [3.63, 3.8) is 0 Å². The number of hydrogen-bond donors (Lipinski definition) is 1. The highest BCUT2D eigenvalue weighted by Crippen LogP contribution is 2.28. The Balaban J connectivity index is 1.87. The van der Waals surface area contributed by atoms with Crippen molar-refractivity contribution in [1.29, 1.82) is 0 Å². The minimum atomic E-state index is 0.246. The van der Waals surface area contributed by atoms with E-state index < -0.39 is 0 Å². The molecule has 0 aliphatic heterocycles. The summed E-state index contributed by atoms with van der Waals surface area (Å²) in [6.45, 7) is 0.286. The molecule has 2 aromatic carbocycles. The summed E-state index contributed by atoms with van der Waals surface area (Å²) in [4.78, 5) is 4.14. The lowest BCUT2D eigenvalue weighted by Crippen LogP contribution is -2.01. The summed E-state index contributed by atoms with van der Waals surface area (Å²) >= 11 is 6.09. The highest BCUT2D eigenvalue weighted by atomic mass is 35.5. The van der Waals surface area contributed by atoms with Crippen molar-refractivity contribution < 1.29 is 4.74 Å². The molecule has 0 radical (unpaired) electrons. The summed E-state index contributed by atoms with van der Waals surface area (Å²) in [5.41, 5.74) is 7.33. The molecule has 0 fully saturated rings. The SMILES string of the molecule is NCc1c(Cl)cccc1Oc1ncn(-c2ccccc2)n1. The molecular weight excluding hydrogens is 288 g/mol. The van der Waals surface area contributed by atoms with Gasteiger partial charge in [0.15, 0.2) is 0 Å². The fraction of sp³-hybridized carbons (Fsp3) is 0.0667. The number of benzene rings is 2. The number of hydrogen-bond acceptors (Lipinski definition) is 4. The summed E-state index contributed by atoms with van der Waals surface area (Å²) in [5, 5.41) is 4.85. The minimum absolute atomic E-state index is 0.246. The third kappa shape index (κ3) is 2.89. The maximum atomic E-state index is 6.09. The third-order valence-electron chi connectivity index (χ3n) is 2.97. The van der Waals surface area contributed by atoms with Crippen LogP contribution in [0.25, 0.3) is 5.69 Å². The van der Waals surface area contributed by atoms with Crippen LogP contribution in [-0.2, 0) is 6.54 Å². The van der Waals surface area contributed by atoms with Gasteiger partial charge in [-0.25, -0.2) is 4.68 Å². The third-order valence-corrected chi connectivity index (χ3v) is 3.33. The Bertz CT molecular complexity index is 742. The van der Waals surface area contributed by atoms with Crippen molar-refractivity contribution in [2.75, 3.05) is 0 Å². The van der Waals surface area contributed by atoms with Gasteiger partial charge in [-0.05, 0) is 24.3 Å². The summed E-state index contributed by atoms with van der Waals surface area (Å²) in [6.07, 6.45) is 1.59. The highest BCUT2D eigenvalue weighted by molar-refractivity contribution is 6.31. The van der Waals surface area contributed by atoms with Crippen LogP contribution in [-0.4, -0.2) is 14.8 Å². The molecule has 1 heterocycles. The molecule has 0 saturated heterocycles. The van der Waals surface area contributed by atoms with Gasteiger partial charge >= 0.3 is 6.01 Å². The van der Waals surface area contributed by atoms with E-state index in [0.717, 1.165) is 11.3 Å². The monoisotopic (exact) mass is 300 g/mol. The quantitative estimate of drug-likeness (QED) is 0.803. The van der Waals surface area contributed by atoms with Crippen molar-refractivity contribution in [1.82, 2.24) is 14.8 Å². The van der Waals surface area contributed by atoms with Crippen LogP contribution in [0, 0.1) is 0 Å². The van der Waals surface area contributed by atoms with Crippen molar-refractivity contribution in [2.24, 2.45) is 5.73 Å². The molecule has 6 heteroatoms. The standard InChI is InChI=1S/C15H13ClN4O/c16-13-7-4-8-14(12(13)9-17)21-15-18-10-20(19-15)11-5-2-1-3-6-11/h1-8,10H,9,17H2. The largest absolute Gasteiger partial charge is 0.423 e. The number of aromatic nitrogens is 3. The first-order valence-corrected chi connectivity index (χ1v) is 6.78. The minimum Gasteiger partial charge on any atom is -0.423 e. The second-order valence-electron chi connectivity index (χ2n) is 4.33. The molecule has 2 N–H and O–H groups in total. The lowest BCUT2D eigenvalue weighted by atomic mass is 10.2. The van der Waals surface area contributed by atoms with Gasteiger partial charge in [-0.2, -0.15) is 4.98 Å². The summed E-state index contributed by atoms with van der Waals surface area (Å²) in [5.74, 6) is 0.566. The van der Waals surface area contributed by atoms with Gasteiger partial charge in [0.05, 0.1) is 5.69 Å². The number of halogens is 1. The number of ether oxygens (including phenoxy) is 1. The van der Waals surface area contributed by atoms with Gasteiger partial charge in [-0.15, -0.1) is 5.10 Å². The van der Waals surface area contributed by atoms with Crippen molar-refractivity contribution >= 4 is 11.6 Å². The Morgan fingerprint density at radius 2 is 1.90 bits per heavy atom. The highest BCUT2D eigenvalue weighted by Gasteiger charge is 2.10. The van der Waals surface area contributed by atoms with Crippen molar-refractivity contribution in [3.8, 4) is 17.4 Å². The molecule has 0 saturated carbocycles. The molecule has 0 atom stereocenters. The average Bonchev–Trinajstić information content (AvgIpc) is 2.97. The van der Waals surface area contributed by atoms with Gasteiger partial charge in [0.2, 0.25) is 0 Å². The van der Waals surface area contributed by atoms with E-state index in [1.54, 1.807) is 29.2 Å². The number of nitrogens with zero attached hydrogens (tertiary/aromatic N) is 3. The van der Waals surface area contributed by atoms with E-state index in [0.29, 0.717) is 10.8 Å². The van der Waals surface area contributed by atoms with Crippen LogP contribution >= 0.6 is 11.6 Å². The van der Waals surface area contributed by atoms with E-state index in [4.69, 9.17) is 22.1 Å². The molecule has 3 aromatic rings. The normalized spacial score (nSPS) is 10.6. The molecule has 21 heavy (non-hydrogen) atoms. The molecule has 0 unspecified atom stereocenters. The van der Waals surface area contributed by atoms with E-state index >= 15 is 0 Å². The van der Waals surface area contributed by atoms with Gasteiger partial charge in [0, 0.05) is 17.1 Å². The summed E-state index contributed by atoms with van der Waals surface area (Å²) in [6, 6.07) is 15.3. The smallest absolute Gasteiger partial charge is 0.341 e. The topological polar surface area (TPSA) is 66.0 Å². The molecule has 0 amide bonds. The van der Waals surface area contributed by atoms with Crippen LogP contribution in [0.15, 0.2) is 54.9 Å².